The Morgan fingerprint density at radius 2 is 1.76 bits per heavy atom. The van der Waals surface area contributed by atoms with Gasteiger partial charge in [0.25, 0.3) is 0 Å². The molecule has 0 radical (unpaired) electrons. The maximum absolute atomic E-state index is 5.77. The average Bonchev–Trinajstić information content (AvgIpc) is 2.43. The minimum atomic E-state index is 0.416. The molecule has 0 saturated carbocycles. The number of hydrogen-bond acceptors (Lipinski definition) is 3. The van der Waals surface area contributed by atoms with Crippen LogP contribution in [0, 0.1) is 13.8 Å². The van der Waals surface area contributed by atoms with Crippen molar-refractivity contribution < 1.29 is 0 Å². The molecule has 3 N–H and O–H groups in total. The zero-order valence-corrected chi connectivity index (χ0v) is 13.2. The molecule has 1 aromatic carbocycles. The second-order valence-corrected chi connectivity index (χ2v) is 5.67. The number of benzene rings is 1. The Bertz CT molecular complexity index is 593. The van der Waals surface area contributed by atoms with Crippen LogP contribution in [0.2, 0.25) is 0 Å². The van der Waals surface area contributed by atoms with Crippen molar-refractivity contribution in [2.24, 2.45) is 0 Å². The summed E-state index contributed by atoms with van der Waals surface area (Å²) in [5.74, 6) is 0.592. The molecule has 3 heteroatoms. The molecule has 1 unspecified atom stereocenters. The number of rotatable bonds is 6. The van der Waals surface area contributed by atoms with Gasteiger partial charge in [0, 0.05) is 12.2 Å². The van der Waals surface area contributed by atoms with Gasteiger partial charge in [0.2, 0.25) is 0 Å². The van der Waals surface area contributed by atoms with Crippen molar-refractivity contribution in [1.82, 2.24) is 10.3 Å². The summed E-state index contributed by atoms with van der Waals surface area (Å²) in [5, 5.41) is 3.57. The monoisotopic (exact) mass is 283 g/mol. The molecule has 0 aliphatic rings. The summed E-state index contributed by atoms with van der Waals surface area (Å²) in [4.78, 5) is 4.06. The molecule has 1 aromatic heterocycles. The lowest BCUT2D eigenvalue weighted by molar-refractivity contribution is 0.521. The number of nitrogen functional groups attached to an aromatic ring is 1. The van der Waals surface area contributed by atoms with E-state index < -0.39 is 0 Å². The largest absolute Gasteiger partial charge is 0.384 e. The van der Waals surface area contributed by atoms with Gasteiger partial charge >= 0.3 is 0 Å². The van der Waals surface area contributed by atoms with Gasteiger partial charge in [0.1, 0.15) is 5.82 Å². The van der Waals surface area contributed by atoms with Gasteiger partial charge in [-0.3, -0.25) is 0 Å². The molecule has 0 aliphatic carbocycles. The lowest BCUT2D eigenvalue weighted by Crippen LogP contribution is -2.33. The Labute approximate surface area is 127 Å². The predicted molar refractivity (Wildman–Crippen MR) is 89.4 cm³/mol. The van der Waals surface area contributed by atoms with Crippen molar-refractivity contribution in [3.8, 4) is 0 Å². The topological polar surface area (TPSA) is 50.9 Å². The van der Waals surface area contributed by atoms with Gasteiger partial charge in [-0.1, -0.05) is 25.1 Å². The molecule has 0 saturated heterocycles. The third-order valence-corrected chi connectivity index (χ3v) is 3.87. The SMILES string of the molecule is CCNC(Cc1ccnc(N)c1)Cc1ccc(C)c(C)c1. The highest BCUT2D eigenvalue weighted by Gasteiger charge is 2.10. The fourth-order valence-electron chi connectivity index (χ4n) is 2.63. The van der Waals surface area contributed by atoms with Crippen LogP contribution in [-0.2, 0) is 12.8 Å². The second-order valence-electron chi connectivity index (χ2n) is 5.67. The Morgan fingerprint density at radius 3 is 2.38 bits per heavy atom. The Morgan fingerprint density at radius 1 is 1.05 bits per heavy atom. The van der Waals surface area contributed by atoms with E-state index in [4.69, 9.17) is 5.73 Å². The molecule has 21 heavy (non-hydrogen) atoms. The van der Waals surface area contributed by atoms with Crippen LogP contribution in [0.15, 0.2) is 36.5 Å². The van der Waals surface area contributed by atoms with Crippen LogP contribution in [0.3, 0.4) is 0 Å². The highest BCUT2D eigenvalue weighted by atomic mass is 14.9. The number of likely N-dealkylation sites (N-methyl/N-ethyl adjacent to an activating group) is 1. The molecule has 2 aromatic rings. The molecule has 3 nitrogen and oxygen atoms in total. The van der Waals surface area contributed by atoms with E-state index in [1.807, 2.05) is 12.1 Å². The first-order chi connectivity index (χ1) is 10.1. The normalized spacial score (nSPS) is 12.3. The van der Waals surface area contributed by atoms with Crippen LogP contribution in [0.1, 0.15) is 29.2 Å². The van der Waals surface area contributed by atoms with Crippen LogP contribution in [0.5, 0.6) is 0 Å². The molecular weight excluding hydrogens is 258 g/mol. The van der Waals surface area contributed by atoms with Crippen LogP contribution in [0.4, 0.5) is 5.82 Å². The molecule has 1 atom stereocenters. The summed E-state index contributed by atoms with van der Waals surface area (Å²) in [5.41, 5.74) is 11.1. The van der Waals surface area contributed by atoms with Crippen molar-refractivity contribution >= 4 is 5.82 Å². The van der Waals surface area contributed by atoms with Gasteiger partial charge in [0.05, 0.1) is 0 Å². The van der Waals surface area contributed by atoms with Gasteiger partial charge in [-0.2, -0.15) is 0 Å². The Balaban J connectivity index is 2.09. The van der Waals surface area contributed by atoms with Gasteiger partial charge in [-0.25, -0.2) is 4.98 Å². The van der Waals surface area contributed by atoms with Crippen LogP contribution in [-0.4, -0.2) is 17.6 Å². The van der Waals surface area contributed by atoms with Crippen molar-refractivity contribution in [2.45, 2.75) is 39.7 Å². The van der Waals surface area contributed by atoms with Gasteiger partial charge in [0.15, 0.2) is 0 Å². The van der Waals surface area contributed by atoms with Crippen LogP contribution in [0.25, 0.3) is 0 Å². The lowest BCUT2D eigenvalue weighted by Gasteiger charge is -2.19. The number of aromatic nitrogens is 1. The van der Waals surface area contributed by atoms with E-state index in [2.05, 4.69) is 49.3 Å². The first kappa shape index (κ1) is 15.5. The number of anilines is 1. The zero-order chi connectivity index (χ0) is 15.2. The van der Waals surface area contributed by atoms with Crippen LogP contribution >= 0.6 is 0 Å². The van der Waals surface area contributed by atoms with Gasteiger partial charge in [-0.15, -0.1) is 0 Å². The highest BCUT2D eigenvalue weighted by Crippen LogP contribution is 2.14. The first-order valence-corrected chi connectivity index (χ1v) is 7.58. The number of nitrogens with one attached hydrogen (secondary N) is 1. The van der Waals surface area contributed by atoms with E-state index in [1.165, 1.54) is 22.3 Å². The molecular formula is C18H25N3. The fourth-order valence-corrected chi connectivity index (χ4v) is 2.63. The molecule has 0 amide bonds. The highest BCUT2D eigenvalue weighted by molar-refractivity contribution is 5.33. The van der Waals surface area contributed by atoms with Gasteiger partial charge < -0.3 is 11.1 Å². The molecule has 1 heterocycles. The Hall–Kier alpha value is -1.87. The molecule has 112 valence electrons. The third kappa shape index (κ3) is 4.57. The maximum Gasteiger partial charge on any atom is 0.123 e. The zero-order valence-electron chi connectivity index (χ0n) is 13.2. The summed E-state index contributed by atoms with van der Waals surface area (Å²) < 4.78 is 0. The van der Waals surface area contributed by atoms with Crippen molar-refractivity contribution in [3.05, 3.63) is 58.8 Å². The molecule has 0 spiro atoms. The number of pyridine rings is 1. The maximum atomic E-state index is 5.77. The van der Waals surface area contributed by atoms with E-state index in [9.17, 15) is 0 Å². The average molecular weight is 283 g/mol. The molecule has 2 rings (SSSR count). The van der Waals surface area contributed by atoms with Crippen LogP contribution < -0.4 is 11.1 Å². The minimum Gasteiger partial charge on any atom is -0.384 e. The molecule has 0 aliphatic heterocycles. The first-order valence-electron chi connectivity index (χ1n) is 7.58. The molecule has 0 bridgehead atoms. The lowest BCUT2D eigenvalue weighted by atomic mass is 9.97. The third-order valence-electron chi connectivity index (χ3n) is 3.87. The number of nitrogens with two attached hydrogens (primary N) is 1. The predicted octanol–water partition coefficient (Wildman–Crippen LogP) is 3.04. The summed E-state index contributed by atoms with van der Waals surface area (Å²) in [6, 6.07) is 11.1. The Kier molecular flexibility index (Phi) is 5.34. The van der Waals surface area contributed by atoms with Crippen molar-refractivity contribution in [2.75, 3.05) is 12.3 Å². The van der Waals surface area contributed by atoms with Crippen molar-refractivity contribution in [3.63, 3.8) is 0 Å². The minimum absolute atomic E-state index is 0.416. The number of nitrogens with zero attached hydrogens (tertiary/aromatic N) is 1. The standard InChI is InChI=1S/C18H25N3/c1-4-20-17(11-16-7-8-21-18(19)12-16)10-15-6-5-13(2)14(3)9-15/h5-9,12,17,20H,4,10-11H2,1-3H3,(H2,19,21). The summed E-state index contributed by atoms with van der Waals surface area (Å²) in [6.45, 7) is 7.44. The summed E-state index contributed by atoms with van der Waals surface area (Å²) in [6.07, 6.45) is 3.77. The summed E-state index contributed by atoms with van der Waals surface area (Å²) in [7, 11) is 0. The smallest absolute Gasteiger partial charge is 0.123 e. The van der Waals surface area contributed by atoms with Crippen molar-refractivity contribution in [1.29, 1.82) is 0 Å². The van der Waals surface area contributed by atoms with Gasteiger partial charge in [-0.05, 0) is 67.6 Å². The number of hydrogen-bond donors (Lipinski definition) is 2. The van der Waals surface area contributed by atoms with E-state index in [0.29, 0.717) is 11.9 Å². The van der Waals surface area contributed by atoms with E-state index in [0.717, 1.165) is 19.4 Å². The van der Waals surface area contributed by atoms with E-state index in [-0.39, 0.29) is 0 Å². The number of aryl methyl sites for hydroxylation is 2. The second kappa shape index (κ2) is 7.23. The van der Waals surface area contributed by atoms with E-state index >= 15 is 0 Å². The van der Waals surface area contributed by atoms with E-state index in [1.54, 1.807) is 6.20 Å². The quantitative estimate of drug-likeness (QED) is 0.856. The molecule has 0 fully saturated rings. The fraction of sp³-hybridized carbons (Fsp3) is 0.389. The summed E-state index contributed by atoms with van der Waals surface area (Å²) >= 11 is 0.